The van der Waals surface area contributed by atoms with Crippen molar-refractivity contribution in [1.29, 1.82) is 0 Å². The van der Waals surface area contributed by atoms with Gasteiger partial charge in [0.1, 0.15) is 12.2 Å². The average Bonchev–Trinajstić information content (AvgIpc) is 3.33. The van der Waals surface area contributed by atoms with Crippen molar-refractivity contribution >= 4 is 11.8 Å². The van der Waals surface area contributed by atoms with Crippen LogP contribution in [-0.4, -0.2) is 72.7 Å². The van der Waals surface area contributed by atoms with Gasteiger partial charge in [0.15, 0.2) is 0 Å². The second-order valence-corrected chi connectivity index (χ2v) is 7.25. The molecule has 0 aromatic rings. The normalized spacial score (nSPS) is 37.2. The Labute approximate surface area is 137 Å². The van der Waals surface area contributed by atoms with E-state index in [-0.39, 0.29) is 30.1 Å². The third-order valence-corrected chi connectivity index (χ3v) is 5.79. The molecule has 2 amide bonds. The fraction of sp³-hybridized carbons (Fsp3) is 0.882. The van der Waals surface area contributed by atoms with Crippen molar-refractivity contribution < 1.29 is 19.1 Å². The molecule has 0 aliphatic carbocycles. The van der Waals surface area contributed by atoms with E-state index in [9.17, 15) is 9.59 Å². The number of amides is 2. The van der Waals surface area contributed by atoms with Gasteiger partial charge in [0.2, 0.25) is 0 Å². The second kappa shape index (κ2) is 6.40. The highest BCUT2D eigenvalue weighted by molar-refractivity contribution is 5.83. The van der Waals surface area contributed by atoms with Crippen molar-refractivity contribution in [1.82, 2.24) is 9.80 Å². The lowest BCUT2D eigenvalue weighted by Gasteiger charge is -2.38. The summed E-state index contributed by atoms with van der Waals surface area (Å²) in [5, 5.41) is 0. The van der Waals surface area contributed by atoms with Crippen LogP contribution in [0.15, 0.2) is 0 Å². The van der Waals surface area contributed by atoms with Crippen molar-refractivity contribution in [3.05, 3.63) is 0 Å². The quantitative estimate of drug-likeness (QED) is 0.754. The van der Waals surface area contributed by atoms with Crippen LogP contribution in [0, 0.1) is 5.92 Å². The van der Waals surface area contributed by atoms with E-state index in [1.54, 1.807) is 0 Å². The molecule has 0 spiro atoms. The molecular weight excluding hydrogens is 296 g/mol. The number of rotatable bonds is 2. The predicted octanol–water partition coefficient (Wildman–Crippen LogP) is 0.794. The Morgan fingerprint density at radius 2 is 1.52 bits per heavy atom. The van der Waals surface area contributed by atoms with Crippen molar-refractivity contribution in [2.75, 3.05) is 32.8 Å². The minimum absolute atomic E-state index is 0.126. The van der Waals surface area contributed by atoms with E-state index < -0.39 is 0 Å². The summed E-state index contributed by atoms with van der Waals surface area (Å²) >= 11 is 0. The Balaban J connectivity index is 1.43. The van der Waals surface area contributed by atoms with Gasteiger partial charge in [-0.3, -0.25) is 9.59 Å². The Morgan fingerprint density at radius 3 is 2.17 bits per heavy atom. The van der Waals surface area contributed by atoms with E-state index in [2.05, 4.69) is 0 Å². The second-order valence-electron chi connectivity index (χ2n) is 7.25. The number of carbonyl (C=O) groups is 2. The maximum atomic E-state index is 12.7. The summed E-state index contributed by atoms with van der Waals surface area (Å²) in [6, 6.07) is 0.172. The average molecular weight is 322 g/mol. The number of piperidine rings is 1. The zero-order valence-corrected chi connectivity index (χ0v) is 13.6. The third-order valence-electron chi connectivity index (χ3n) is 5.79. The number of fused-ring (bicyclic) bond motifs is 1. The first-order valence-electron chi connectivity index (χ1n) is 9.06. The molecule has 4 saturated heterocycles. The van der Waals surface area contributed by atoms with E-state index in [4.69, 9.17) is 9.47 Å². The van der Waals surface area contributed by atoms with E-state index in [0.717, 1.165) is 51.6 Å². The SMILES string of the molecule is O=C([C@@H]1CCCO1)N1C[C@@H]2CCCN(C(=O)[C@@H]3CCCO3)[C@@H]2C1. The molecule has 0 aromatic carbocycles. The van der Waals surface area contributed by atoms with Gasteiger partial charge in [0.25, 0.3) is 11.8 Å². The molecule has 4 atom stereocenters. The molecule has 0 bridgehead atoms. The minimum Gasteiger partial charge on any atom is -0.368 e. The van der Waals surface area contributed by atoms with E-state index in [1.807, 2.05) is 9.80 Å². The predicted molar refractivity (Wildman–Crippen MR) is 82.8 cm³/mol. The largest absolute Gasteiger partial charge is 0.368 e. The summed E-state index contributed by atoms with van der Waals surface area (Å²) in [6.07, 6.45) is 5.25. The smallest absolute Gasteiger partial charge is 0.252 e. The van der Waals surface area contributed by atoms with Gasteiger partial charge in [0.05, 0.1) is 6.04 Å². The molecule has 6 nitrogen and oxygen atoms in total. The number of carbonyl (C=O) groups excluding carboxylic acids is 2. The topological polar surface area (TPSA) is 59.1 Å². The summed E-state index contributed by atoms with van der Waals surface area (Å²) in [5.74, 6) is 0.685. The summed E-state index contributed by atoms with van der Waals surface area (Å²) in [4.78, 5) is 29.3. The molecule has 4 fully saturated rings. The van der Waals surface area contributed by atoms with E-state index in [1.165, 1.54) is 0 Å². The molecule has 4 aliphatic rings. The number of nitrogens with zero attached hydrogens (tertiary/aromatic N) is 2. The number of likely N-dealkylation sites (tertiary alicyclic amines) is 2. The van der Waals surface area contributed by atoms with Gasteiger partial charge in [-0.1, -0.05) is 0 Å². The summed E-state index contributed by atoms with van der Waals surface area (Å²) < 4.78 is 11.1. The number of hydrogen-bond donors (Lipinski definition) is 0. The van der Waals surface area contributed by atoms with Crippen LogP contribution in [0.1, 0.15) is 38.5 Å². The fourth-order valence-corrected chi connectivity index (χ4v) is 4.57. The third kappa shape index (κ3) is 2.87. The highest BCUT2D eigenvalue weighted by Crippen LogP contribution is 2.33. The summed E-state index contributed by atoms with van der Waals surface area (Å²) in [6.45, 7) is 3.64. The van der Waals surface area contributed by atoms with Crippen molar-refractivity contribution in [2.45, 2.75) is 56.8 Å². The standard InChI is InChI=1S/C17H26N2O4/c20-16(14-5-2-8-22-14)18-10-12-4-1-7-19(13(12)11-18)17(21)15-6-3-9-23-15/h12-15H,1-11H2/t12-,13+,14-,15-/m0/s1. The number of hydrogen-bond acceptors (Lipinski definition) is 4. The molecule has 0 unspecified atom stereocenters. The molecule has 0 saturated carbocycles. The van der Waals surface area contributed by atoms with Crippen LogP contribution in [0.5, 0.6) is 0 Å². The summed E-state index contributed by atoms with van der Waals surface area (Å²) in [5.41, 5.74) is 0. The lowest BCUT2D eigenvalue weighted by atomic mass is 9.91. The van der Waals surface area contributed by atoms with Gasteiger partial charge in [-0.25, -0.2) is 0 Å². The van der Waals surface area contributed by atoms with Crippen LogP contribution in [0.4, 0.5) is 0 Å². The van der Waals surface area contributed by atoms with Crippen LogP contribution in [-0.2, 0) is 19.1 Å². The van der Waals surface area contributed by atoms with Crippen molar-refractivity contribution in [3.63, 3.8) is 0 Å². The molecule has 23 heavy (non-hydrogen) atoms. The van der Waals surface area contributed by atoms with Crippen LogP contribution < -0.4 is 0 Å². The highest BCUT2D eigenvalue weighted by atomic mass is 16.5. The van der Waals surface area contributed by atoms with Crippen LogP contribution in [0.3, 0.4) is 0 Å². The van der Waals surface area contributed by atoms with Crippen LogP contribution in [0.25, 0.3) is 0 Å². The minimum atomic E-state index is -0.253. The van der Waals surface area contributed by atoms with Gasteiger partial charge >= 0.3 is 0 Å². The van der Waals surface area contributed by atoms with Crippen LogP contribution >= 0.6 is 0 Å². The zero-order valence-electron chi connectivity index (χ0n) is 13.6. The lowest BCUT2D eigenvalue weighted by Crippen LogP contribution is -2.52. The molecule has 128 valence electrons. The Morgan fingerprint density at radius 1 is 0.826 bits per heavy atom. The molecule has 0 N–H and O–H groups in total. The Kier molecular flexibility index (Phi) is 4.28. The zero-order chi connectivity index (χ0) is 15.8. The summed E-state index contributed by atoms with van der Waals surface area (Å²) in [7, 11) is 0. The first-order chi connectivity index (χ1) is 11.2. The van der Waals surface area contributed by atoms with Crippen LogP contribution in [0.2, 0.25) is 0 Å². The molecule has 4 rings (SSSR count). The Bertz CT molecular complexity index is 471. The first kappa shape index (κ1) is 15.4. The maximum Gasteiger partial charge on any atom is 0.252 e. The van der Waals surface area contributed by atoms with Gasteiger partial charge in [0, 0.05) is 32.8 Å². The van der Waals surface area contributed by atoms with Gasteiger partial charge < -0.3 is 19.3 Å². The molecule has 0 aromatic heterocycles. The lowest BCUT2D eigenvalue weighted by molar-refractivity contribution is -0.146. The first-order valence-corrected chi connectivity index (χ1v) is 9.06. The highest BCUT2D eigenvalue weighted by Gasteiger charge is 2.45. The maximum absolute atomic E-state index is 12.7. The molecule has 6 heteroatoms. The number of ether oxygens (including phenoxy) is 2. The Hall–Kier alpha value is -1.14. The molecule has 4 aliphatic heterocycles. The van der Waals surface area contributed by atoms with Crippen molar-refractivity contribution in [2.24, 2.45) is 5.92 Å². The van der Waals surface area contributed by atoms with Gasteiger partial charge in [-0.2, -0.15) is 0 Å². The van der Waals surface area contributed by atoms with Crippen molar-refractivity contribution in [3.8, 4) is 0 Å². The monoisotopic (exact) mass is 322 g/mol. The van der Waals surface area contributed by atoms with E-state index in [0.29, 0.717) is 25.7 Å². The molecular formula is C17H26N2O4. The fourth-order valence-electron chi connectivity index (χ4n) is 4.57. The van der Waals surface area contributed by atoms with Gasteiger partial charge in [-0.05, 0) is 44.4 Å². The van der Waals surface area contributed by atoms with E-state index >= 15 is 0 Å². The molecule has 0 radical (unpaired) electrons. The van der Waals surface area contributed by atoms with Gasteiger partial charge in [-0.15, -0.1) is 0 Å². The molecule has 4 heterocycles.